The maximum absolute atomic E-state index is 13.9. The van der Waals surface area contributed by atoms with Crippen LogP contribution in [0.1, 0.15) is 41.8 Å². The van der Waals surface area contributed by atoms with Gasteiger partial charge in [-0.25, -0.2) is 4.99 Å². The number of piperazine rings is 1. The van der Waals surface area contributed by atoms with Gasteiger partial charge in [0.05, 0.1) is 17.3 Å². The molecule has 0 aromatic heterocycles. The number of aliphatic imine (C=N–C) groups is 1. The fourth-order valence-corrected chi connectivity index (χ4v) is 5.81. The van der Waals surface area contributed by atoms with Crippen LogP contribution < -0.4 is 10.6 Å². The van der Waals surface area contributed by atoms with Crippen LogP contribution in [0, 0.1) is 5.92 Å². The molecule has 8 heteroatoms. The Labute approximate surface area is 234 Å². The Kier molecular flexibility index (Phi) is 7.62. The van der Waals surface area contributed by atoms with E-state index in [1.165, 1.54) is 0 Å². The van der Waals surface area contributed by atoms with Gasteiger partial charge in [-0.05, 0) is 47.7 Å². The van der Waals surface area contributed by atoms with Crippen molar-refractivity contribution in [2.75, 3.05) is 31.1 Å². The monoisotopic (exact) mass is 543 g/mol. The Morgan fingerprint density at radius 1 is 0.974 bits per heavy atom. The van der Waals surface area contributed by atoms with Crippen LogP contribution in [0.3, 0.4) is 0 Å². The van der Waals surface area contributed by atoms with Gasteiger partial charge in [-0.15, -0.1) is 0 Å². The predicted octanol–water partition coefficient (Wildman–Crippen LogP) is 4.90. The lowest BCUT2D eigenvalue weighted by Gasteiger charge is -2.36. The smallest absolute Gasteiger partial charge is 0.262 e. The first-order valence-corrected chi connectivity index (χ1v) is 13.8. The van der Waals surface area contributed by atoms with Crippen LogP contribution in [0.15, 0.2) is 83.9 Å². The molecule has 2 aliphatic heterocycles. The Hall–Kier alpha value is -3.84. The predicted molar refractivity (Wildman–Crippen MR) is 156 cm³/mol. The van der Waals surface area contributed by atoms with Gasteiger partial charge in [-0.1, -0.05) is 80.0 Å². The molecule has 39 heavy (non-hydrogen) atoms. The topological polar surface area (TPSA) is 82.2 Å². The second-order valence-electron chi connectivity index (χ2n) is 10.6. The quantitative estimate of drug-likeness (QED) is 0.459. The van der Waals surface area contributed by atoms with Crippen molar-refractivity contribution in [2.24, 2.45) is 16.6 Å². The van der Waals surface area contributed by atoms with Crippen LogP contribution >= 0.6 is 11.6 Å². The van der Waals surface area contributed by atoms with Crippen LogP contribution in [0.4, 0.5) is 5.69 Å². The summed E-state index contributed by atoms with van der Waals surface area (Å²) in [4.78, 5) is 37.6. The van der Waals surface area contributed by atoms with Gasteiger partial charge in [0.25, 0.3) is 11.8 Å². The summed E-state index contributed by atoms with van der Waals surface area (Å²) in [7, 11) is 0. The number of carbonyl (C=O) groups excluding carboxylic acids is 2. The summed E-state index contributed by atoms with van der Waals surface area (Å²) < 4.78 is 0. The van der Waals surface area contributed by atoms with Crippen LogP contribution in [-0.2, 0) is 16.9 Å². The molecule has 2 heterocycles. The van der Waals surface area contributed by atoms with Crippen LogP contribution in [0.5, 0.6) is 0 Å². The minimum absolute atomic E-state index is 0.0245. The van der Waals surface area contributed by atoms with Crippen molar-refractivity contribution >= 4 is 35.1 Å². The van der Waals surface area contributed by atoms with Crippen LogP contribution in [0.2, 0.25) is 5.02 Å². The third-order valence-corrected chi connectivity index (χ3v) is 7.73. The molecule has 2 aliphatic rings. The highest BCUT2D eigenvalue weighted by atomic mass is 35.5. The fraction of sp³-hybridized carbons (Fsp3) is 0.323. The Balaban J connectivity index is 1.30. The van der Waals surface area contributed by atoms with Crippen molar-refractivity contribution in [1.29, 1.82) is 0 Å². The number of anilines is 1. The molecule has 3 aromatic carbocycles. The number of rotatable bonds is 7. The lowest BCUT2D eigenvalue weighted by atomic mass is 9.82. The minimum atomic E-state index is -1.03. The minimum Gasteiger partial charge on any atom is -0.369 e. The van der Waals surface area contributed by atoms with E-state index in [1.807, 2.05) is 83.8 Å². The van der Waals surface area contributed by atoms with Gasteiger partial charge in [0.2, 0.25) is 0 Å². The highest BCUT2D eigenvalue weighted by molar-refractivity contribution is 6.33. The second kappa shape index (κ2) is 11.1. The lowest BCUT2D eigenvalue weighted by molar-refractivity contribution is -0.132. The van der Waals surface area contributed by atoms with Gasteiger partial charge in [0, 0.05) is 31.7 Å². The van der Waals surface area contributed by atoms with Crippen LogP contribution in [0.25, 0.3) is 0 Å². The molecule has 7 nitrogen and oxygen atoms in total. The molecule has 3 aromatic rings. The first-order valence-electron chi connectivity index (χ1n) is 13.4. The van der Waals surface area contributed by atoms with Crippen molar-refractivity contribution in [3.63, 3.8) is 0 Å². The average Bonchev–Trinajstić information content (AvgIpc) is 3.18. The molecule has 5 rings (SSSR count). The molecule has 2 N–H and O–H groups in total. The van der Waals surface area contributed by atoms with Crippen molar-refractivity contribution in [3.8, 4) is 0 Å². The van der Waals surface area contributed by atoms with E-state index in [1.54, 1.807) is 4.90 Å². The molecule has 1 unspecified atom stereocenters. The van der Waals surface area contributed by atoms with E-state index in [0.29, 0.717) is 43.2 Å². The number of nitrogens with zero attached hydrogens (tertiary/aromatic N) is 4. The molecule has 0 radical (unpaired) electrons. The third kappa shape index (κ3) is 5.36. The van der Waals surface area contributed by atoms with E-state index >= 15 is 0 Å². The summed E-state index contributed by atoms with van der Waals surface area (Å²) in [6.45, 7) is 7.04. The number of hydrogen-bond donors (Lipinski definition) is 1. The largest absolute Gasteiger partial charge is 0.369 e. The number of amides is 2. The van der Waals surface area contributed by atoms with Crippen molar-refractivity contribution in [1.82, 2.24) is 9.80 Å². The molecule has 0 aliphatic carbocycles. The average molecular weight is 544 g/mol. The number of guanidine groups is 1. The zero-order valence-corrected chi connectivity index (χ0v) is 23.1. The number of benzene rings is 3. The third-order valence-electron chi connectivity index (χ3n) is 7.41. The maximum atomic E-state index is 13.9. The van der Waals surface area contributed by atoms with Gasteiger partial charge in [-0.2, -0.15) is 0 Å². The fourth-order valence-electron chi connectivity index (χ4n) is 5.55. The van der Waals surface area contributed by atoms with Crippen molar-refractivity contribution in [3.05, 3.63) is 101 Å². The Bertz CT molecular complexity index is 1380. The maximum Gasteiger partial charge on any atom is 0.262 e. The van der Waals surface area contributed by atoms with E-state index in [2.05, 4.69) is 18.7 Å². The number of hydrogen-bond acceptors (Lipinski definition) is 5. The molecular weight excluding hydrogens is 510 g/mol. The second-order valence-corrected chi connectivity index (χ2v) is 11.0. The first-order chi connectivity index (χ1) is 18.8. The molecule has 2 amide bonds. The zero-order valence-electron chi connectivity index (χ0n) is 22.4. The van der Waals surface area contributed by atoms with E-state index in [-0.39, 0.29) is 30.2 Å². The molecule has 1 atom stereocenters. The molecule has 0 saturated carbocycles. The van der Waals surface area contributed by atoms with E-state index in [9.17, 15) is 9.59 Å². The number of para-hydroxylation sites is 1. The van der Waals surface area contributed by atoms with E-state index in [4.69, 9.17) is 22.3 Å². The number of nitrogens with two attached hydrogens (primary N) is 1. The summed E-state index contributed by atoms with van der Waals surface area (Å²) in [6, 6.07) is 24.9. The van der Waals surface area contributed by atoms with Gasteiger partial charge in [-0.3, -0.25) is 14.5 Å². The molecule has 1 fully saturated rings. The van der Waals surface area contributed by atoms with E-state index in [0.717, 1.165) is 16.8 Å². The summed E-state index contributed by atoms with van der Waals surface area (Å²) in [6.07, 6.45) is 0.561. The van der Waals surface area contributed by atoms with Crippen LogP contribution in [-0.4, -0.2) is 53.8 Å². The molecule has 0 spiro atoms. The molecule has 202 valence electrons. The van der Waals surface area contributed by atoms with E-state index < -0.39 is 5.54 Å². The summed E-state index contributed by atoms with van der Waals surface area (Å²) in [5, 5.41) is 0.717. The highest BCUT2D eigenvalue weighted by Crippen LogP contribution is 2.39. The summed E-state index contributed by atoms with van der Waals surface area (Å²) >= 11 is 6.37. The molecule has 1 saturated heterocycles. The molecular formula is C31H34ClN5O2. The van der Waals surface area contributed by atoms with Gasteiger partial charge in [0.15, 0.2) is 11.5 Å². The van der Waals surface area contributed by atoms with Crippen molar-refractivity contribution < 1.29 is 9.59 Å². The number of halogens is 1. The van der Waals surface area contributed by atoms with Gasteiger partial charge in [0.1, 0.15) is 0 Å². The zero-order chi connectivity index (χ0) is 27.6. The standard InChI is InChI=1S/C31H34ClN5O2/c1-22(2)20-31(25-11-4-3-5-12-25)29(39)37(30(33)34-31)21-23-9-8-10-24(19-23)28(38)36-17-15-35(16-18-36)27-14-7-6-13-26(27)32/h3-14,19,22H,15-18,20-21H2,1-2H3,(H2,33,34). The molecule has 0 bridgehead atoms. The lowest BCUT2D eigenvalue weighted by Crippen LogP contribution is -2.48. The SMILES string of the molecule is CC(C)CC1(c2ccccc2)N=C(N)N(Cc2cccc(C(=O)N3CCN(c4ccccc4Cl)CC3)c2)C1=O. The Morgan fingerprint density at radius 3 is 2.36 bits per heavy atom. The highest BCUT2D eigenvalue weighted by Gasteiger charge is 2.49. The van der Waals surface area contributed by atoms with Gasteiger partial charge < -0.3 is 15.5 Å². The normalized spacial score (nSPS) is 19.5. The Morgan fingerprint density at radius 2 is 1.67 bits per heavy atom. The van der Waals surface area contributed by atoms with Gasteiger partial charge >= 0.3 is 0 Å². The summed E-state index contributed by atoms with van der Waals surface area (Å²) in [5.41, 5.74) is 8.58. The summed E-state index contributed by atoms with van der Waals surface area (Å²) in [5.74, 6) is 0.290. The first kappa shape index (κ1) is 26.8. The van der Waals surface area contributed by atoms with Crippen molar-refractivity contribution in [2.45, 2.75) is 32.4 Å². The number of carbonyl (C=O) groups is 2.